The Hall–Kier alpha value is -4.22. The number of fused-ring (bicyclic) bond motifs is 1. The van der Waals surface area contributed by atoms with Crippen LogP contribution in [0.25, 0.3) is 22.3 Å². The highest BCUT2D eigenvalue weighted by molar-refractivity contribution is 6.05. The van der Waals surface area contributed by atoms with E-state index in [-0.39, 0.29) is 12.0 Å². The number of aromatic amines is 1. The summed E-state index contributed by atoms with van der Waals surface area (Å²) in [5.41, 5.74) is 3.01. The molecule has 164 valence electrons. The molecule has 8 nitrogen and oxygen atoms in total. The number of ether oxygens (including phenoxy) is 2. The normalized spacial score (nSPS) is 14.0. The summed E-state index contributed by atoms with van der Waals surface area (Å²) in [6, 6.07) is 18.5. The Kier molecular flexibility index (Phi) is 5.70. The number of hydrogen-bond donors (Lipinski definition) is 2. The van der Waals surface area contributed by atoms with Crippen LogP contribution in [-0.2, 0) is 4.74 Å². The molecule has 0 aliphatic carbocycles. The van der Waals surface area contributed by atoms with Crippen molar-refractivity contribution >= 4 is 22.8 Å². The summed E-state index contributed by atoms with van der Waals surface area (Å²) in [6.07, 6.45) is 3.11. The van der Waals surface area contributed by atoms with Gasteiger partial charge in [0.1, 0.15) is 35.7 Å². The lowest BCUT2D eigenvalue weighted by atomic mass is 10.0. The van der Waals surface area contributed by atoms with Crippen LogP contribution in [0.2, 0.25) is 0 Å². The zero-order valence-corrected chi connectivity index (χ0v) is 17.7. The second-order valence-corrected chi connectivity index (χ2v) is 7.74. The summed E-state index contributed by atoms with van der Waals surface area (Å²) in [5, 5.41) is 13.3. The van der Waals surface area contributed by atoms with Crippen molar-refractivity contribution < 1.29 is 14.3 Å². The van der Waals surface area contributed by atoms with Gasteiger partial charge in [-0.2, -0.15) is 5.26 Å². The minimum absolute atomic E-state index is 0.0444. The fourth-order valence-electron chi connectivity index (χ4n) is 3.86. The second-order valence-electron chi connectivity index (χ2n) is 7.74. The molecule has 0 saturated carbocycles. The van der Waals surface area contributed by atoms with Gasteiger partial charge in [-0.15, -0.1) is 0 Å². The second kappa shape index (κ2) is 9.10. The van der Waals surface area contributed by atoms with Crippen LogP contribution in [0, 0.1) is 11.3 Å². The van der Waals surface area contributed by atoms with E-state index in [9.17, 15) is 10.1 Å². The van der Waals surface area contributed by atoms with Gasteiger partial charge in [0.05, 0.1) is 24.5 Å². The molecule has 1 fully saturated rings. The van der Waals surface area contributed by atoms with E-state index >= 15 is 0 Å². The van der Waals surface area contributed by atoms with E-state index in [1.165, 1.54) is 6.33 Å². The third-order valence-corrected chi connectivity index (χ3v) is 5.55. The van der Waals surface area contributed by atoms with Crippen molar-refractivity contribution in [2.45, 2.75) is 18.9 Å². The van der Waals surface area contributed by atoms with Crippen LogP contribution in [0.3, 0.4) is 0 Å². The number of amides is 1. The summed E-state index contributed by atoms with van der Waals surface area (Å²) >= 11 is 0. The largest absolute Gasteiger partial charge is 0.489 e. The van der Waals surface area contributed by atoms with Crippen LogP contribution < -0.4 is 10.1 Å². The van der Waals surface area contributed by atoms with Crippen molar-refractivity contribution in [3.05, 3.63) is 72.1 Å². The zero-order chi connectivity index (χ0) is 22.6. The maximum atomic E-state index is 12.5. The molecule has 0 bridgehead atoms. The molecule has 0 unspecified atom stereocenters. The molecule has 2 aromatic heterocycles. The van der Waals surface area contributed by atoms with Crippen molar-refractivity contribution in [1.82, 2.24) is 15.0 Å². The average molecular weight is 439 g/mol. The molecule has 1 aliphatic heterocycles. The van der Waals surface area contributed by atoms with E-state index < -0.39 is 0 Å². The SMILES string of the molecule is N#Cc1cc(-c2ncnc3[nH]c(NC(=O)c4ccccc4)cc23)ccc1OC1CCOCC1. The number of carbonyl (C=O) groups is 1. The Morgan fingerprint density at radius 2 is 1.94 bits per heavy atom. The third-order valence-electron chi connectivity index (χ3n) is 5.55. The Labute approximate surface area is 190 Å². The van der Waals surface area contributed by atoms with Gasteiger partial charge in [-0.05, 0) is 36.4 Å². The van der Waals surface area contributed by atoms with Crippen molar-refractivity contribution in [3.63, 3.8) is 0 Å². The molecule has 8 heteroatoms. The van der Waals surface area contributed by atoms with Gasteiger partial charge in [0.2, 0.25) is 0 Å². The van der Waals surface area contributed by atoms with Gasteiger partial charge in [0.25, 0.3) is 5.91 Å². The van der Waals surface area contributed by atoms with Crippen LogP contribution in [0.4, 0.5) is 5.82 Å². The molecule has 4 aromatic rings. The molecule has 5 rings (SSSR count). The first-order valence-corrected chi connectivity index (χ1v) is 10.7. The highest BCUT2D eigenvalue weighted by Crippen LogP contribution is 2.32. The number of nitrogens with one attached hydrogen (secondary N) is 2. The molecule has 1 amide bonds. The maximum Gasteiger partial charge on any atom is 0.256 e. The highest BCUT2D eigenvalue weighted by atomic mass is 16.5. The number of carbonyl (C=O) groups excluding carboxylic acids is 1. The summed E-state index contributed by atoms with van der Waals surface area (Å²) in [6.45, 7) is 1.33. The fourth-order valence-corrected chi connectivity index (χ4v) is 3.86. The van der Waals surface area contributed by atoms with Crippen LogP contribution in [0.15, 0.2) is 60.9 Å². The maximum absolute atomic E-state index is 12.5. The molecule has 3 heterocycles. The van der Waals surface area contributed by atoms with Gasteiger partial charge < -0.3 is 19.8 Å². The van der Waals surface area contributed by atoms with E-state index in [1.54, 1.807) is 24.3 Å². The predicted molar refractivity (Wildman–Crippen MR) is 123 cm³/mol. The number of nitriles is 1. The molecular formula is C25H21N5O3. The van der Waals surface area contributed by atoms with Crippen molar-refractivity contribution in [3.8, 4) is 23.1 Å². The first-order valence-electron chi connectivity index (χ1n) is 10.7. The molecule has 0 atom stereocenters. The van der Waals surface area contributed by atoms with Gasteiger partial charge in [-0.3, -0.25) is 4.79 Å². The number of nitrogens with zero attached hydrogens (tertiary/aromatic N) is 3. The van der Waals surface area contributed by atoms with Crippen LogP contribution in [0.1, 0.15) is 28.8 Å². The minimum atomic E-state index is -0.224. The van der Waals surface area contributed by atoms with Gasteiger partial charge in [0, 0.05) is 29.4 Å². The molecule has 0 radical (unpaired) electrons. The zero-order valence-electron chi connectivity index (χ0n) is 17.7. The van der Waals surface area contributed by atoms with Crippen LogP contribution in [0.5, 0.6) is 5.75 Å². The first-order chi connectivity index (χ1) is 16.2. The van der Waals surface area contributed by atoms with Crippen molar-refractivity contribution in [2.75, 3.05) is 18.5 Å². The Morgan fingerprint density at radius 3 is 2.73 bits per heavy atom. The lowest BCUT2D eigenvalue weighted by molar-refractivity contribution is 0.0254. The lowest BCUT2D eigenvalue weighted by Gasteiger charge is -2.23. The van der Waals surface area contributed by atoms with E-state index in [2.05, 4.69) is 26.3 Å². The highest BCUT2D eigenvalue weighted by Gasteiger charge is 2.18. The van der Waals surface area contributed by atoms with Crippen LogP contribution >= 0.6 is 0 Å². The monoisotopic (exact) mass is 439 g/mol. The molecule has 2 N–H and O–H groups in total. The predicted octanol–water partition coefficient (Wildman–Crippen LogP) is 4.31. The number of benzene rings is 2. The smallest absolute Gasteiger partial charge is 0.256 e. The topological polar surface area (TPSA) is 113 Å². The summed E-state index contributed by atoms with van der Waals surface area (Å²) in [4.78, 5) is 24.3. The van der Waals surface area contributed by atoms with Crippen molar-refractivity contribution in [2.24, 2.45) is 0 Å². The summed E-state index contributed by atoms with van der Waals surface area (Å²) in [7, 11) is 0. The van der Waals surface area contributed by atoms with Crippen molar-refractivity contribution in [1.29, 1.82) is 5.26 Å². The molecule has 2 aromatic carbocycles. The number of hydrogen-bond acceptors (Lipinski definition) is 6. The van der Waals surface area contributed by atoms with E-state index in [0.717, 1.165) is 23.8 Å². The van der Waals surface area contributed by atoms with Gasteiger partial charge in [-0.1, -0.05) is 18.2 Å². The van der Waals surface area contributed by atoms with Gasteiger partial charge in [-0.25, -0.2) is 9.97 Å². The summed E-state index contributed by atoms with van der Waals surface area (Å²) < 4.78 is 11.4. The van der Waals surface area contributed by atoms with Gasteiger partial charge in [0.15, 0.2) is 0 Å². The minimum Gasteiger partial charge on any atom is -0.489 e. The average Bonchev–Trinajstić information content (AvgIpc) is 3.28. The number of anilines is 1. The number of H-pyrrole nitrogens is 1. The Balaban J connectivity index is 1.43. The van der Waals surface area contributed by atoms with Crippen LogP contribution in [-0.4, -0.2) is 40.2 Å². The third kappa shape index (κ3) is 4.40. The summed E-state index contributed by atoms with van der Waals surface area (Å²) in [5.74, 6) is 0.849. The fraction of sp³-hybridized carbons (Fsp3) is 0.200. The quantitative estimate of drug-likeness (QED) is 0.479. The Bertz CT molecular complexity index is 1340. The molecule has 0 spiro atoms. The van der Waals surface area contributed by atoms with E-state index in [4.69, 9.17) is 9.47 Å². The van der Waals surface area contributed by atoms with E-state index in [0.29, 0.717) is 47.2 Å². The first kappa shape index (κ1) is 20.7. The van der Waals surface area contributed by atoms with E-state index in [1.807, 2.05) is 30.3 Å². The molecule has 1 saturated heterocycles. The number of rotatable bonds is 5. The Morgan fingerprint density at radius 1 is 1.12 bits per heavy atom. The molecular weight excluding hydrogens is 418 g/mol. The standard InChI is InChI=1S/C25H21N5O3/c26-14-18-12-17(6-7-21(18)33-19-8-10-32-11-9-19)23-20-13-22(29-24(20)28-15-27-23)30-25(31)16-4-2-1-3-5-16/h1-7,12-13,15,19H,8-11H2,(H,30,31)(H,27,28,29). The lowest BCUT2D eigenvalue weighted by Crippen LogP contribution is -2.26. The van der Waals surface area contributed by atoms with Gasteiger partial charge >= 0.3 is 0 Å². The molecule has 1 aliphatic rings. The molecule has 33 heavy (non-hydrogen) atoms. The number of aromatic nitrogens is 3.